The number of hydrogen-bond donors (Lipinski definition) is 0. The molecule has 3 aromatic carbocycles. The van der Waals surface area contributed by atoms with Crippen molar-refractivity contribution in [2.45, 2.75) is 73.0 Å². The molecule has 0 radical (unpaired) electrons. The Labute approximate surface area is 230 Å². The number of rotatable bonds is 2. The van der Waals surface area contributed by atoms with Crippen LogP contribution < -0.4 is 4.57 Å². The van der Waals surface area contributed by atoms with Crippen molar-refractivity contribution in [3.8, 4) is 22.4 Å². The molecular weight excluding hydrogens is 450 g/mol. The number of nitrogens with zero attached hydrogens (tertiary/aromatic N) is 1. The monoisotopic (exact) mass is 496 g/mol. The quantitative estimate of drug-likeness (QED) is 0.223. The number of aryl methyl sites for hydroxylation is 4. The van der Waals surface area contributed by atoms with Crippen LogP contribution in [0.2, 0.25) is 0 Å². The Morgan fingerprint density at radius 3 is 2.05 bits per heavy atom. The van der Waals surface area contributed by atoms with Crippen molar-refractivity contribution in [2.75, 3.05) is 0 Å². The van der Waals surface area contributed by atoms with E-state index in [-0.39, 0.29) is 16.7 Å². The molecule has 0 N–H and O–H groups in total. The molecule has 0 unspecified atom stereocenters. The summed E-state index contributed by atoms with van der Waals surface area (Å²) < 4.78 is 60.0. The predicted molar refractivity (Wildman–Crippen MR) is 157 cm³/mol. The number of pyridine rings is 1. The van der Waals surface area contributed by atoms with Crippen LogP contribution in [0.4, 0.5) is 0 Å². The maximum absolute atomic E-state index is 8.59. The van der Waals surface area contributed by atoms with Crippen LogP contribution in [0.15, 0.2) is 65.2 Å². The lowest BCUT2D eigenvalue weighted by atomic mass is 9.78. The lowest BCUT2D eigenvalue weighted by Gasteiger charge is -2.26. The molecule has 0 saturated heterocycles. The van der Waals surface area contributed by atoms with Gasteiger partial charge >= 0.3 is 0 Å². The van der Waals surface area contributed by atoms with E-state index < -0.39 is 24.5 Å². The largest absolute Gasteiger partial charge is 0.455 e. The molecule has 2 heteroatoms. The summed E-state index contributed by atoms with van der Waals surface area (Å²) in [5.74, 6) is 0. The number of furan rings is 1. The minimum Gasteiger partial charge on any atom is -0.455 e. The molecule has 0 fully saturated rings. The van der Waals surface area contributed by atoms with E-state index in [0.29, 0.717) is 11.1 Å². The topological polar surface area (TPSA) is 17.0 Å². The lowest BCUT2D eigenvalue weighted by Crippen LogP contribution is -2.34. The maximum Gasteiger partial charge on any atom is 0.216 e. The third-order valence-corrected chi connectivity index (χ3v) is 7.37. The molecule has 5 aromatic rings. The number of para-hydroxylation sites is 1. The van der Waals surface area contributed by atoms with Gasteiger partial charge in [0.25, 0.3) is 0 Å². The highest BCUT2D eigenvalue weighted by Gasteiger charge is 2.29. The van der Waals surface area contributed by atoms with Crippen molar-refractivity contribution in [1.29, 1.82) is 0 Å². The molecule has 0 spiro atoms. The zero-order valence-electron chi connectivity index (χ0n) is 29.1. The standard InChI is InChI=1S/C35H40NO/c1-21-15-16-26-25-13-11-12-14-30(25)37-33(26)32(21)29-19-27(28(20-36(29)10)35(7,8)9)31-22(2)17-24(18-23(31)3)34(4,5)6/h11-20H,1-10H3/q+1/i2D3,3D3. The van der Waals surface area contributed by atoms with Crippen molar-refractivity contribution in [3.63, 3.8) is 0 Å². The highest BCUT2D eigenvalue weighted by Crippen LogP contribution is 2.42. The van der Waals surface area contributed by atoms with E-state index in [1.165, 1.54) is 0 Å². The Morgan fingerprint density at radius 2 is 1.43 bits per heavy atom. The first-order chi connectivity index (χ1) is 19.7. The summed E-state index contributed by atoms with van der Waals surface area (Å²) in [5.41, 5.74) is 5.82. The molecule has 2 nitrogen and oxygen atoms in total. The van der Waals surface area contributed by atoms with Gasteiger partial charge < -0.3 is 4.42 Å². The van der Waals surface area contributed by atoms with Crippen molar-refractivity contribution in [1.82, 2.24) is 0 Å². The van der Waals surface area contributed by atoms with Gasteiger partial charge in [0.1, 0.15) is 18.2 Å². The summed E-state index contributed by atoms with van der Waals surface area (Å²) in [7, 11) is 1.97. The summed E-state index contributed by atoms with van der Waals surface area (Å²) in [5, 5.41) is 2.00. The maximum atomic E-state index is 8.59. The van der Waals surface area contributed by atoms with E-state index in [9.17, 15) is 0 Å². The van der Waals surface area contributed by atoms with Crippen LogP contribution in [0.5, 0.6) is 0 Å². The molecule has 0 bridgehead atoms. The Hall–Kier alpha value is -3.39. The average molecular weight is 497 g/mol. The summed E-state index contributed by atoms with van der Waals surface area (Å²) in [6.45, 7) is 9.01. The molecule has 190 valence electrons. The molecule has 37 heavy (non-hydrogen) atoms. The summed E-state index contributed by atoms with van der Waals surface area (Å²) >= 11 is 0. The molecular formula is C35H40NO+. The summed E-state index contributed by atoms with van der Waals surface area (Å²) in [4.78, 5) is 0. The Balaban J connectivity index is 1.97. The normalized spacial score (nSPS) is 15.7. The van der Waals surface area contributed by atoms with Crippen LogP contribution in [0.1, 0.15) is 77.6 Å². The van der Waals surface area contributed by atoms with Crippen LogP contribution in [-0.2, 0) is 17.9 Å². The molecule has 0 aliphatic rings. The fourth-order valence-electron chi connectivity index (χ4n) is 5.27. The molecule has 0 saturated carbocycles. The van der Waals surface area contributed by atoms with Crippen LogP contribution in [-0.4, -0.2) is 0 Å². The first-order valence-electron chi connectivity index (χ1n) is 15.8. The van der Waals surface area contributed by atoms with Crippen molar-refractivity contribution in [3.05, 3.63) is 88.6 Å². The third kappa shape index (κ3) is 4.27. The fraction of sp³-hybridized carbons (Fsp3) is 0.343. The minimum atomic E-state index is -2.54. The van der Waals surface area contributed by atoms with E-state index in [2.05, 4.69) is 32.9 Å². The number of aromatic nitrogens is 1. The van der Waals surface area contributed by atoms with Gasteiger partial charge in [-0.3, -0.25) is 0 Å². The highest BCUT2D eigenvalue weighted by atomic mass is 16.3. The first-order valence-corrected chi connectivity index (χ1v) is 12.8. The van der Waals surface area contributed by atoms with Gasteiger partial charge in [-0.15, -0.1) is 0 Å². The Bertz CT molecular complexity index is 1840. The Kier molecular flexibility index (Phi) is 4.36. The molecule has 0 atom stereocenters. The predicted octanol–water partition coefficient (Wildman–Crippen LogP) is 9.26. The Morgan fingerprint density at radius 1 is 0.757 bits per heavy atom. The highest BCUT2D eigenvalue weighted by molar-refractivity contribution is 6.09. The van der Waals surface area contributed by atoms with Crippen LogP contribution in [0.3, 0.4) is 0 Å². The second-order valence-electron chi connectivity index (χ2n) is 12.3. The second-order valence-corrected chi connectivity index (χ2v) is 12.3. The number of fused-ring (bicyclic) bond motifs is 3. The van der Waals surface area contributed by atoms with Crippen LogP contribution in [0, 0.1) is 20.6 Å². The van der Waals surface area contributed by atoms with E-state index in [1.54, 1.807) is 12.1 Å². The van der Waals surface area contributed by atoms with E-state index in [1.807, 2.05) is 75.8 Å². The SMILES string of the molecule is [2H]C([2H])([2H])c1cc(C(C)(C)C)cc(C([2H])([2H])[2H])c1-c1cc(-c2c(C)ccc3c2oc2ccccc23)[n+](C)cc1C(C)(C)C. The van der Waals surface area contributed by atoms with Gasteiger partial charge in [-0.2, -0.15) is 0 Å². The van der Waals surface area contributed by atoms with Gasteiger partial charge in [-0.1, -0.05) is 84.0 Å². The van der Waals surface area contributed by atoms with Crippen molar-refractivity contribution < 1.29 is 17.2 Å². The summed E-state index contributed by atoms with van der Waals surface area (Å²) in [6, 6.07) is 17.4. The van der Waals surface area contributed by atoms with Gasteiger partial charge in [0.05, 0.1) is 5.56 Å². The molecule has 0 aliphatic heterocycles. The van der Waals surface area contributed by atoms with Gasteiger partial charge in [0.15, 0.2) is 6.20 Å². The van der Waals surface area contributed by atoms with Gasteiger partial charge in [0.2, 0.25) is 5.69 Å². The molecule has 0 aliphatic carbocycles. The van der Waals surface area contributed by atoms with E-state index >= 15 is 0 Å². The van der Waals surface area contributed by atoms with Gasteiger partial charge in [-0.25, -0.2) is 4.57 Å². The second kappa shape index (κ2) is 8.58. The van der Waals surface area contributed by atoms with E-state index in [0.717, 1.165) is 44.3 Å². The van der Waals surface area contributed by atoms with Crippen LogP contribution >= 0.6 is 0 Å². The van der Waals surface area contributed by atoms with Crippen molar-refractivity contribution >= 4 is 21.9 Å². The number of benzene rings is 3. The molecule has 5 rings (SSSR count). The van der Waals surface area contributed by atoms with Gasteiger partial charge in [0, 0.05) is 30.6 Å². The average Bonchev–Trinajstić information content (AvgIpc) is 3.24. The fourth-order valence-corrected chi connectivity index (χ4v) is 5.27. The molecule has 2 aromatic heterocycles. The summed E-state index contributed by atoms with van der Waals surface area (Å²) in [6.07, 6.45) is 2.01. The first kappa shape index (κ1) is 18.8. The van der Waals surface area contributed by atoms with Crippen molar-refractivity contribution in [2.24, 2.45) is 7.05 Å². The molecule has 0 amide bonds. The smallest absolute Gasteiger partial charge is 0.216 e. The number of hydrogen-bond acceptors (Lipinski definition) is 1. The zero-order chi connectivity index (χ0) is 31.9. The van der Waals surface area contributed by atoms with Crippen LogP contribution in [0.25, 0.3) is 44.3 Å². The lowest BCUT2D eigenvalue weighted by molar-refractivity contribution is -0.660. The van der Waals surface area contributed by atoms with Gasteiger partial charge in [-0.05, 0) is 70.9 Å². The molecule has 2 heterocycles. The van der Waals surface area contributed by atoms with E-state index in [4.69, 9.17) is 12.6 Å². The third-order valence-electron chi connectivity index (χ3n) is 7.37. The zero-order valence-corrected chi connectivity index (χ0v) is 23.1. The minimum absolute atomic E-state index is 0.0509.